The highest BCUT2D eigenvalue weighted by atomic mass is 35.5. The number of nitro groups is 1. The quantitative estimate of drug-likeness (QED) is 0.643. The number of hydrogen-bond acceptors (Lipinski definition) is 5. The molecule has 106 valence electrons. The normalized spacial score (nSPS) is 11.3. The minimum atomic E-state index is -3.19. The Morgan fingerprint density at radius 1 is 1.47 bits per heavy atom. The third-order valence-corrected chi connectivity index (χ3v) is 4.40. The second-order valence-corrected chi connectivity index (χ2v) is 6.58. The van der Waals surface area contributed by atoms with E-state index in [1.165, 1.54) is 6.92 Å². The summed E-state index contributed by atoms with van der Waals surface area (Å²) in [5.74, 6) is -1.02. The highest BCUT2D eigenvalue weighted by Crippen LogP contribution is 2.30. The van der Waals surface area contributed by atoms with Gasteiger partial charge in [-0.2, -0.15) is 0 Å². The van der Waals surface area contributed by atoms with Gasteiger partial charge in [0.1, 0.15) is 11.5 Å². The summed E-state index contributed by atoms with van der Waals surface area (Å²) in [5, 5.41) is 12.9. The molecule has 0 spiro atoms. The molecule has 6 nitrogen and oxygen atoms in total. The molecular formula is C10H12ClFN2O4S. The van der Waals surface area contributed by atoms with E-state index in [0.29, 0.717) is 0 Å². The van der Waals surface area contributed by atoms with E-state index >= 15 is 0 Å². The number of nitro benzene ring substituents is 1. The first-order chi connectivity index (χ1) is 8.76. The maximum absolute atomic E-state index is 13.2. The predicted octanol–water partition coefficient (Wildman–Crippen LogP) is 2.23. The zero-order chi connectivity index (χ0) is 14.6. The van der Waals surface area contributed by atoms with Crippen LogP contribution in [0.3, 0.4) is 0 Å². The molecule has 0 aliphatic heterocycles. The van der Waals surface area contributed by atoms with Gasteiger partial charge in [0, 0.05) is 24.4 Å². The van der Waals surface area contributed by atoms with Crippen molar-refractivity contribution in [2.75, 3.05) is 23.4 Å². The lowest BCUT2D eigenvalue weighted by Gasteiger charge is -2.08. The molecule has 19 heavy (non-hydrogen) atoms. The van der Waals surface area contributed by atoms with Gasteiger partial charge < -0.3 is 5.32 Å². The van der Waals surface area contributed by atoms with Crippen LogP contribution in [-0.2, 0) is 9.84 Å². The molecule has 0 saturated carbocycles. The maximum Gasteiger partial charge on any atom is 0.294 e. The molecule has 1 rings (SSSR count). The smallest absolute Gasteiger partial charge is 0.294 e. The third kappa shape index (κ3) is 4.32. The van der Waals surface area contributed by atoms with Gasteiger partial charge in [0.05, 0.1) is 15.7 Å². The van der Waals surface area contributed by atoms with Crippen LogP contribution in [0.5, 0.6) is 0 Å². The SMILES string of the molecule is CCS(=O)(=O)CCNc1cc(F)c(Cl)cc1[N+](=O)[O-]. The Labute approximate surface area is 114 Å². The van der Waals surface area contributed by atoms with Crippen molar-refractivity contribution in [1.29, 1.82) is 0 Å². The van der Waals surface area contributed by atoms with E-state index < -0.39 is 26.3 Å². The van der Waals surface area contributed by atoms with Gasteiger partial charge in [-0.3, -0.25) is 10.1 Å². The molecule has 0 saturated heterocycles. The standard InChI is InChI=1S/C10H12ClFN2O4S/c1-2-19(17,18)4-3-13-9-6-8(12)7(11)5-10(9)14(15)16/h5-6,13H,2-4H2,1H3. The average molecular weight is 311 g/mol. The summed E-state index contributed by atoms with van der Waals surface area (Å²) in [6, 6.07) is 1.76. The number of sulfone groups is 1. The van der Waals surface area contributed by atoms with Crippen molar-refractivity contribution < 1.29 is 17.7 Å². The van der Waals surface area contributed by atoms with Crippen molar-refractivity contribution in [3.63, 3.8) is 0 Å². The molecule has 9 heteroatoms. The topological polar surface area (TPSA) is 89.3 Å². The first-order valence-electron chi connectivity index (χ1n) is 5.34. The second-order valence-electron chi connectivity index (χ2n) is 3.70. The molecule has 0 aliphatic carbocycles. The van der Waals surface area contributed by atoms with Crippen LogP contribution in [0, 0.1) is 15.9 Å². The van der Waals surface area contributed by atoms with Gasteiger partial charge >= 0.3 is 0 Å². The Balaban J connectivity index is 2.89. The van der Waals surface area contributed by atoms with Gasteiger partial charge in [-0.25, -0.2) is 12.8 Å². The second kappa shape index (κ2) is 6.16. The highest BCUT2D eigenvalue weighted by Gasteiger charge is 2.18. The van der Waals surface area contributed by atoms with E-state index in [1.807, 2.05) is 0 Å². The lowest BCUT2D eigenvalue weighted by molar-refractivity contribution is -0.384. The van der Waals surface area contributed by atoms with Gasteiger partial charge in [0.2, 0.25) is 0 Å². The molecule has 1 aromatic rings. The molecule has 1 aromatic carbocycles. The van der Waals surface area contributed by atoms with Crippen molar-refractivity contribution in [1.82, 2.24) is 0 Å². The van der Waals surface area contributed by atoms with Crippen molar-refractivity contribution in [2.24, 2.45) is 0 Å². The fourth-order valence-electron chi connectivity index (χ4n) is 1.31. The average Bonchev–Trinajstić information content (AvgIpc) is 2.32. The Kier molecular flexibility index (Phi) is 5.07. The van der Waals surface area contributed by atoms with Crippen molar-refractivity contribution in [3.05, 3.63) is 33.1 Å². The molecular weight excluding hydrogens is 299 g/mol. The molecule has 0 atom stereocenters. The van der Waals surface area contributed by atoms with Gasteiger partial charge in [-0.1, -0.05) is 18.5 Å². The van der Waals surface area contributed by atoms with Crippen molar-refractivity contribution >= 4 is 32.8 Å². The van der Waals surface area contributed by atoms with Crippen LogP contribution in [0.1, 0.15) is 6.92 Å². The Bertz CT molecular complexity index is 591. The number of nitrogens with zero attached hydrogens (tertiary/aromatic N) is 1. The van der Waals surface area contributed by atoms with Crippen LogP contribution in [0.4, 0.5) is 15.8 Å². The van der Waals surface area contributed by atoms with E-state index in [1.54, 1.807) is 0 Å². The van der Waals surface area contributed by atoms with E-state index in [2.05, 4.69) is 5.32 Å². The Hall–Kier alpha value is -1.41. The summed E-state index contributed by atoms with van der Waals surface area (Å²) in [5.41, 5.74) is -0.501. The van der Waals surface area contributed by atoms with Gasteiger partial charge in [-0.05, 0) is 0 Å². The number of anilines is 1. The molecule has 0 aliphatic rings. The largest absolute Gasteiger partial charge is 0.378 e. The van der Waals surface area contributed by atoms with Crippen LogP contribution in [-0.4, -0.2) is 31.4 Å². The molecule has 0 aromatic heterocycles. The number of rotatable bonds is 6. The Morgan fingerprint density at radius 2 is 2.11 bits per heavy atom. The maximum atomic E-state index is 13.2. The van der Waals surface area contributed by atoms with Gasteiger partial charge in [0.25, 0.3) is 5.69 Å². The van der Waals surface area contributed by atoms with Crippen molar-refractivity contribution in [3.8, 4) is 0 Å². The predicted molar refractivity (Wildman–Crippen MR) is 70.9 cm³/mol. The van der Waals surface area contributed by atoms with Gasteiger partial charge in [0.15, 0.2) is 9.84 Å². The molecule has 1 N–H and O–H groups in total. The summed E-state index contributed by atoms with van der Waals surface area (Å²) < 4.78 is 35.8. The summed E-state index contributed by atoms with van der Waals surface area (Å²) in [7, 11) is -3.19. The van der Waals surface area contributed by atoms with Crippen LogP contribution in [0.15, 0.2) is 12.1 Å². The number of benzene rings is 1. The summed E-state index contributed by atoms with van der Waals surface area (Å²) in [4.78, 5) is 10.0. The van der Waals surface area contributed by atoms with E-state index in [4.69, 9.17) is 11.6 Å². The number of hydrogen-bond donors (Lipinski definition) is 1. The summed E-state index contributed by atoms with van der Waals surface area (Å²) in [6.45, 7) is 1.46. The number of halogens is 2. The molecule has 0 fully saturated rings. The fraction of sp³-hybridized carbons (Fsp3) is 0.400. The summed E-state index contributed by atoms with van der Waals surface area (Å²) >= 11 is 5.46. The van der Waals surface area contributed by atoms with Crippen LogP contribution in [0.2, 0.25) is 5.02 Å². The fourth-order valence-corrected chi connectivity index (χ4v) is 2.17. The molecule has 0 bridgehead atoms. The number of nitrogens with one attached hydrogen (secondary N) is 1. The zero-order valence-electron chi connectivity index (χ0n) is 10.0. The monoisotopic (exact) mass is 310 g/mol. The summed E-state index contributed by atoms with van der Waals surface area (Å²) in [6.07, 6.45) is 0. The molecule has 0 heterocycles. The van der Waals surface area contributed by atoms with E-state index in [-0.39, 0.29) is 28.8 Å². The minimum Gasteiger partial charge on any atom is -0.378 e. The first-order valence-corrected chi connectivity index (χ1v) is 7.54. The third-order valence-electron chi connectivity index (χ3n) is 2.40. The Morgan fingerprint density at radius 3 is 2.63 bits per heavy atom. The van der Waals surface area contributed by atoms with E-state index in [0.717, 1.165) is 12.1 Å². The van der Waals surface area contributed by atoms with Crippen LogP contribution < -0.4 is 5.32 Å². The highest BCUT2D eigenvalue weighted by molar-refractivity contribution is 7.91. The molecule has 0 unspecified atom stereocenters. The van der Waals surface area contributed by atoms with E-state index in [9.17, 15) is 22.9 Å². The van der Waals surface area contributed by atoms with Crippen molar-refractivity contribution in [2.45, 2.75) is 6.92 Å². The first kappa shape index (κ1) is 15.6. The molecule has 0 radical (unpaired) electrons. The molecule has 0 amide bonds. The lowest BCUT2D eigenvalue weighted by Crippen LogP contribution is -2.17. The zero-order valence-corrected chi connectivity index (χ0v) is 11.6. The van der Waals surface area contributed by atoms with Gasteiger partial charge in [-0.15, -0.1) is 0 Å². The lowest BCUT2D eigenvalue weighted by atomic mass is 10.2. The van der Waals surface area contributed by atoms with Crippen LogP contribution in [0.25, 0.3) is 0 Å². The van der Waals surface area contributed by atoms with Crippen LogP contribution >= 0.6 is 11.6 Å². The minimum absolute atomic E-state index is 0.0221.